The highest BCUT2D eigenvalue weighted by Crippen LogP contribution is 2.55. The average molecular weight is 533 g/mol. The van der Waals surface area contributed by atoms with Crippen molar-refractivity contribution in [2.24, 2.45) is 0 Å². The molecule has 2 aliphatic heterocycles. The normalized spacial score (nSPS) is 19.2. The van der Waals surface area contributed by atoms with Gasteiger partial charge in [-0.05, 0) is 54.1 Å². The lowest BCUT2D eigenvalue weighted by atomic mass is 10.0. The minimum Gasteiger partial charge on any atom is -0.497 e. The third-order valence-corrected chi connectivity index (χ3v) is 7.99. The van der Waals surface area contributed by atoms with Gasteiger partial charge in [-0.1, -0.05) is 29.8 Å². The number of hydrogen-bond acceptors (Lipinski definition) is 4. The number of carbonyl (C=O) groups is 2. The number of fused-ring (bicyclic) bond motifs is 2. The molecular weight excluding hydrogens is 513 g/mol. The Morgan fingerprint density at radius 3 is 2.53 bits per heavy atom. The number of ether oxygens (including phenoxy) is 1. The number of methoxy groups -OCH3 is 1. The molecule has 1 atom stereocenters. The summed E-state index contributed by atoms with van der Waals surface area (Å²) in [5.74, 6) is 0.396. The molecule has 2 heterocycles. The van der Waals surface area contributed by atoms with Gasteiger partial charge in [-0.2, -0.15) is 13.2 Å². The van der Waals surface area contributed by atoms with E-state index in [4.69, 9.17) is 16.3 Å². The Morgan fingerprint density at radius 2 is 1.86 bits per heavy atom. The van der Waals surface area contributed by atoms with Crippen molar-refractivity contribution in [3.05, 3.63) is 94.0 Å². The monoisotopic (exact) mass is 532 g/mol. The van der Waals surface area contributed by atoms with Gasteiger partial charge in [-0.3, -0.25) is 9.59 Å². The first-order valence-electron chi connectivity index (χ1n) is 11.0. The molecule has 186 valence electrons. The number of nitrogens with zero attached hydrogens (tertiary/aromatic N) is 2. The molecule has 1 fully saturated rings. The molecular formula is C26H20ClF3N2O3S. The fourth-order valence-electron chi connectivity index (χ4n) is 4.64. The third kappa shape index (κ3) is 4.00. The lowest BCUT2D eigenvalue weighted by Crippen LogP contribution is -2.50. The standard InChI is InChI=1S/C26H20ClF3N2O3S/c1-35-20-9-10-22-21(14-20)25(32(11-12-36-25)23(33)17-3-2-4-19(27)13-17)24(34)31(22)15-16-5-7-18(8-6-16)26(28,29)30/h2-10,13-14H,11-12,15H2,1H3/t25-/m1/s1. The lowest BCUT2D eigenvalue weighted by Gasteiger charge is -2.33. The highest BCUT2D eigenvalue weighted by atomic mass is 35.5. The molecule has 2 amide bonds. The summed E-state index contributed by atoms with van der Waals surface area (Å²) < 4.78 is 44.4. The van der Waals surface area contributed by atoms with E-state index in [-0.39, 0.29) is 18.4 Å². The van der Waals surface area contributed by atoms with Crippen LogP contribution in [0.3, 0.4) is 0 Å². The van der Waals surface area contributed by atoms with E-state index in [1.807, 2.05) is 0 Å². The van der Waals surface area contributed by atoms with Crippen molar-refractivity contribution in [3.63, 3.8) is 0 Å². The molecule has 5 rings (SSSR count). The molecule has 0 N–H and O–H groups in total. The van der Waals surface area contributed by atoms with Gasteiger partial charge in [0.1, 0.15) is 5.75 Å². The van der Waals surface area contributed by atoms with E-state index in [2.05, 4.69) is 0 Å². The largest absolute Gasteiger partial charge is 0.497 e. The molecule has 0 aromatic heterocycles. The molecule has 0 saturated carbocycles. The summed E-state index contributed by atoms with van der Waals surface area (Å²) in [6, 6.07) is 16.5. The number of hydrogen-bond donors (Lipinski definition) is 0. The van der Waals surface area contributed by atoms with Crippen LogP contribution < -0.4 is 9.64 Å². The number of rotatable bonds is 4. The van der Waals surface area contributed by atoms with Gasteiger partial charge >= 0.3 is 6.18 Å². The zero-order valence-corrected chi connectivity index (χ0v) is 20.6. The molecule has 36 heavy (non-hydrogen) atoms. The van der Waals surface area contributed by atoms with Gasteiger partial charge in [-0.25, -0.2) is 0 Å². The Labute approximate surface area is 214 Å². The SMILES string of the molecule is COc1ccc2c(c1)[C@@]1(SCCN1C(=O)c1cccc(Cl)c1)C(=O)N2Cc1ccc(C(F)(F)F)cc1. The van der Waals surface area contributed by atoms with Crippen LogP contribution in [0.2, 0.25) is 5.02 Å². The van der Waals surface area contributed by atoms with Gasteiger partial charge in [0.15, 0.2) is 4.87 Å². The minimum absolute atomic E-state index is 0.0534. The Bertz CT molecular complexity index is 1350. The Balaban J connectivity index is 1.56. The number of halogens is 4. The molecule has 5 nitrogen and oxygen atoms in total. The molecule has 10 heteroatoms. The van der Waals surface area contributed by atoms with Gasteiger partial charge in [-0.15, -0.1) is 11.8 Å². The quantitative estimate of drug-likeness (QED) is 0.416. The molecule has 0 unspecified atom stereocenters. The predicted octanol–water partition coefficient (Wildman–Crippen LogP) is 5.96. The van der Waals surface area contributed by atoms with Crippen molar-refractivity contribution < 1.29 is 27.5 Å². The summed E-state index contributed by atoms with van der Waals surface area (Å²) in [7, 11) is 1.52. The zero-order chi connectivity index (χ0) is 25.7. The summed E-state index contributed by atoms with van der Waals surface area (Å²) in [5, 5.41) is 0.408. The van der Waals surface area contributed by atoms with Gasteiger partial charge in [0.05, 0.1) is 24.9 Å². The fraction of sp³-hybridized carbons (Fsp3) is 0.231. The maximum absolute atomic E-state index is 14.1. The summed E-state index contributed by atoms with van der Waals surface area (Å²) in [6.45, 7) is 0.393. The Hall–Kier alpha value is -3.17. The van der Waals surface area contributed by atoms with Crippen LogP contribution in [-0.2, 0) is 22.4 Å². The second-order valence-corrected chi connectivity index (χ2v) is 10.2. The molecule has 2 aliphatic rings. The van der Waals surface area contributed by atoms with Gasteiger partial charge < -0.3 is 14.5 Å². The molecule has 0 radical (unpaired) electrons. The van der Waals surface area contributed by atoms with E-state index in [1.54, 1.807) is 47.4 Å². The van der Waals surface area contributed by atoms with Crippen molar-refractivity contribution in [2.75, 3.05) is 24.3 Å². The van der Waals surface area contributed by atoms with Crippen molar-refractivity contribution in [3.8, 4) is 5.75 Å². The lowest BCUT2D eigenvalue weighted by molar-refractivity contribution is -0.137. The Kier molecular flexibility index (Phi) is 6.16. The van der Waals surface area contributed by atoms with Crippen LogP contribution in [0, 0.1) is 0 Å². The second-order valence-electron chi connectivity index (χ2n) is 8.43. The molecule has 3 aromatic carbocycles. The van der Waals surface area contributed by atoms with E-state index < -0.39 is 16.6 Å². The highest BCUT2D eigenvalue weighted by molar-refractivity contribution is 8.01. The van der Waals surface area contributed by atoms with Crippen LogP contribution >= 0.6 is 23.4 Å². The number of anilines is 1. The number of alkyl halides is 3. The van der Waals surface area contributed by atoms with E-state index in [0.717, 1.165) is 12.1 Å². The van der Waals surface area contributed by atoms with Crippen molar-refractivity contribution >= 4 is 40.9 Å². The number of carbonyl (C=O) groups excluding carboxylic acids is 2. The van der Waals surface area contributed by atoms with Crippen LogP contribution in [0.4, 0.5) is 18.9 Å². The van der Waals surface area contributed by atoms with Crippen LogP contribution in [-0.4, -0.2) is 36.1 Å². The molecule has 3 aromatic rings. The first-order valence-corrected chi connectivity index (χ1v) is 12.4. The van der Waals surface area contributed by atoms with Crippen molar-refractivity contribution in [1.82, 2.24) is 4.90 Å². The van der Waals surface area contributed by atoms with E-state index in [1.165, 1.54) is 35.9 Å². The highest BCUT2D eigenvalue weighted by Gasteiger charge is 2.59. The van der Waals surface area contributed by atoms with Crippen LogP contribution in [0.15, 0.2) is 66.7 Å². The summed E-state index contributed by atoms with van der Waals surface area (Å²) in [6.07, 6.45) is -4.45. The Morgan fingerprint density at radius 1 is 1.11 bits per heavy atom. The van der Waals surface area contributed by atoms with E-state index >= 15 is 0 Å². The molecule has 1 spiro atoms. The van der Waals surface area contributed by atoms with Crippen molar-refractivity contribution in [2.45, 2.75) is 17.6 Å². The summed E-state index contributed by atoms with van der Waals surface area (Å²) >= 11 is 7.47. The number of benzene rings is 3. The maximum Gasteiger partial charge on any atom is 0.416 e. The van der Waals surface area contributed by atoms with Gasteiger partial charge in [0, 0.05) is 28.4 Å². The summed E-state index contributed by atoms with van der Waals surface area (Å²) in [4.78, 5) is 29.5. The average Bonchev–Trinajstić information content (AvgIpc) is 3.40. The second kappa shape index (κ2) is 9.05. The van der Waals surface area contributed by atoms with Crippen molar-refractivity contribution in [1.29, 1.82) is 0 Å². The first kappa shape index (κ1) is 24.5. The van der Waals surface area contributed by atoms with Crippen LogP contribution in [0.25, 0.3) is 0 Å². The van der Waals surface area contributed by atoms with Crippen LogP contribution in [0.5, 0.6) is 5.75 Å². The molecule has 0 aliphatic carbocycles. The smallest absolute Gasteiger partial charge is 0.416 e. The molecule has 0 bridgehead atoms. The molecule has 1 saturated heterocycles. The van der Waals surface area contributed by atoms with Gasteiger partial charge in [0.2, 0.25) is 0 Å². The van der Waals surface area contributed by atoms with E-state index in [9.17, 15) is 22.8 Å². The maximum atomic E-state index is 14.1. The number of amides is 2. The minimum atomic E-state index is -4.45. The zero-order valence-electron chi connectivity index (χ0n) is 19.0. The fourth-order valence-corrected chi connectivity index (χ4v) is 6.28. The first-order chi connectivity index (χ1) is 17.1. The van der Waals surface area contributed by atoms with Crippen LogP contribution in [0.1, 0.15) is 27.0 Å². The third-order valence-electron chi connectivity index (χ3n) is 6.34. The topological polar surface area (TPSA) is 49.9 Å². The van der Waals surface area contributed by atoms with E-state index in [0.29, 0.717) is 45.4 Å². The predicted molar refractivity (Wildman–Crippen MR) is 132 cm³/mol. The van der Waals surface area contributed by atoms with Gasteiger partial charge in [0.25, 0.3) is 11.8 Å². The summed E-state index contributed by atoms with van der Waals surface area (Å²) in [5.41, 5.74) is 1.33. The number of thioether (sulfide) groups is 1.